The van der Waals surface area contributed by atoms with Crippen LogP contribution in [0.4, 0.5) is 4.39 Å². The topological polar surface area (TPSA) is 102 Å². The Morgan fingerprint density at radius 1 is 1.38 bits per heavy atom. The van der Waals surface area contributed by atoms with Crippen LogP contribution in [0.2, 0.25) is 0 Å². The zero-order chi connectivity index (χ0) is 17.9. The molecule has 0 saturated carbocycles. The smallest absolute Gasteiger partial charge is 0.272 e. The molecule has 0 bridgehead atoms. The third-order valence-electron chi connectivity index (χ3n) is 3.20. The van der Waals surface area contributed by atoms with Crippen LogP contribution in [0.3, 0.4) is 0 Å². The van der Waals surface area contributed by atoms with Crippen molar-refractivity contribution in [1.29, 1.82) is 0 Å². The number of ether oxygens (including phenoxy) is 1. The number of benzene rings is 1. The van der Waals surface area contributed by atoms with E-state index in [4.69, 9.17) is 4.74 Å². The maximum absolute atomic E-state index is 13.0. The Labute approximate surface area is 138 Å². The normalized spacial score (nSPS) is 11.3. The molecule has 0 fully saturated rings. The highest BCUT2D eigenvalue weighted by atomic mass is 32.2. The Hall–Kier alpha value is -2.46. The van der Waals surface area contributed by atoms with Crippen LogP contribution in [0.25, 0.3) is 0 Å². The Kier molecular flexibility index (Phi) is 5.20. The van der Waals surface area contributed by atoms with Gasteiger partial charge in [0.15, 0.2) is 6.61 Å². The zero-order valence-electron chi connectivity index (χ0n) is 13.3. The summed E-state index contributed by atoms with van der Waals surface area (Å²) < 4.78 is 44.0. The maximum Gasteiger partial charge on any atom is 0.272 e. The first kappa shape index (κ1) is 17.9. The van der Waals surface area contributed by atoms with Crippen LogP contribution in [-0.4, -0.2) is 30.7 Å². The van der Waals surface area contributed by atoms with Gasteiger partial charge in [0.2, 0.25) is 0 Å². The van der Waals surface area contributed by atoms with Gasteiger partial charge in [-0.25, -0.2) is 12.8 Å². The third kappa shape index (κ3) is 4.09. The number of hydrogen-bond acceptors (Lipinski definition) is 5. The van der Waals surface area contributed by atoms with E-state index in [1.54, 1.807) is 20.9 Å². The molecule has 2 N–H and O–H groups in total. The first-order valence-electron chi connectivity index (χ1n) is 6.90. The van der Waals surface area contributed by atoms with Crippen LogP contribution in [0.15, 0.2) is 29.2 Å². The van der Waals surface area contributed by atoms with Gasteiger partial charge in [-0.15, -0.1) is 4.83 Å². The molecule has 1 amide bonds. The predicted molar refractivity (Wildman–Crippen MR) is 83.0 cm³/mol. The summed E-state index contributed by atoms with van der Waals surface area (Å²) in [5, 5.41) is 4.01. The van der Waals surface area contributed by atoms with Crippen molar-refractivity contribution in [2.45, 2.75) is 18.7 Å². The fourth-order valence-corrected chi connectivity index (χ4v) is 3.36. The summed E-state index contributed by atoms with van der Waals surface area (Å²) in [4.78, 5) is 13.7. The van der Waals surface area contributed by atoms with E-state index < -0.39 is 28.4 Å². The van der Waals surface area contributed by atoms with Gasteiger partial charge in [-0.3, -0.25) is 14.9 Å². The molecule has 0 aliphatic carbocycles. The molecule has 1 aromatic carbocycles. The highest BCUT2D eigenvalue weighted by Crippen LogP contribution is 2.17. The van der Waals surface area contributed by atoms with E-state index in [-0.39, 0.29) is 10.6 Å². The average Bonchev–Trinajstić information content (AvgIpc) is 2.76. The minimum Gasteiger partial charge on any atom is -0.484 e. The van der Waals surface area contributed by atoms with Crippen molar-refractivity contribution in [3.8, 4) is 5.75 Å². The molecule has 0 spiro atoms. The van der Waals surface area contributed by atoms with E-state index >= 15 is 0 Å². The predicted octanol–water partition coefficient (Wildman–Crippen LogP) is 0.565. The van der Waals surface area contributed by atoms with Gasteiger partial charge in [-0.05, 0) is 26.0 Å². The molecule has 10 heteroatoms. The average molecular weight is 356 g/mol. The SMILES string of the molecule is Cc1nn(C)c(C)c1S(=O)(=O)NNC(=O)COc1cccc(F)c1. The molecule has 0 saturated heterocycles. The fraction of sp³-hybridized carbons (Fsp3) is 0.286. The summed E-state index contributed by atoms with van der Waals surface area (Å²) >= 11 is 0. The van der Waals surface area contributed by atoms with Gasteiger partial charge in [-0.2, -0.15) is 5.10 Å². The minimum absolute atomic E-state index is 0.00338. The Balaban J connectivity index is 1.95. The van der Waals surface area contributed by atoms with Gasteiger partial charge in [-0.1, -0.05) is 6.07 Å². The molecule has 2 aromatic rings. The highest BCUT2D eigenvalue weighted by molar-refractivity contribution is 7.89. The van der Waals surface area contributed by atoms with Crippen molar-refractivity contribution in [2.24, 2.45) is 7.05 Å². The lowest BCUT2D eigenvalue weighted by molar-refractivity contribution is -0.123. The second-order valence-corrected chi connectivity index (χ2v) is 6.64. The van der Waals surface area contributed by atoms with Gasteiger partial charge in [0.05, 0.1) is 11.4 Å². The molecule has 2 rings (SSSR count). The number of nitrogens with zero attached hydrogens (tertiary/aromatic N) is 2. The molecule has 8 nitrogen and oxygen atoms in total. The quantitative estimate of drug-likeness (QED) is 0.737. The molecular formula is C14H17FN4O4S. The molecule has 0 radical (unpaired) electrons. The number of sulfonamides is 1. The summed E-state index contributed by atoms with van der Waals surface area (Å²) in [6.07, 6.45) is 0. The van der Waals surface area contributed by atoms with E-state index in [1.165, 1.54) is 22.9 Å². The van der Waals surface area contributed by atoms with E-state index in [0.29, 0.717) is 11.4 Å². The van der Waals surface area contributed by atoms with Gasteiger partial charge in [0, 0.05) is 13.1 Å². The summed E-state index contributed by atoms with van der Waals surface area (Å²) in [6, 6.07) is 5.25. The second-order valence-electron chi connectivity index (χ2n) is 5.02. The van der Waals surface area contributed by atoms with Crippen molar-refractivity contribution < 1.29 is 22.3 Å². The number of carbonyl (C=O) groups excluding carboxylic acids is 1. The van der Waals surface area contributed by atoms with E-state index in [1.807, 2.05) is 10.3 Å². The molecule has 0 aliphatic heterocycles. The van der Waals surface area contributed by atoms with E-state index in [0.717, 1.165) is 6.07 Å². The lowest BCUT2D eigenvalue weighted by Crippen LogP contribution is -2.44. The van der Waals surface area contributed by atoms with Crippen molar-refractivity contribution in [2.75, 3.05) is 6.61 Å². The number of carbonyl (C=O) groups is 1. The van der Waals surface area contributed by atoms with E-state index in [2.05, 4.69) is 5.10 Å². The van der Waals surface area contributed by atoms with Crippen molar-refractivity contribution >= 4 is 15.9 Å². The largest absolute Gasteiger partial charge is 0.484 e. The van der Waals surface area contributed by atoms with Gasteiger partial charge in [0.1, 0.15) is 16.5 Å². The first-order chi connectivity index (χ1) is 11.2. The Bertz CT molecular complexity index is 864. The maximum atomic E-state index is 13.0. The molecular weight excluding hydrogens is 339 g/mol. The number of amides is 1. The van der Waals surface area contributed by atoms with Crippen LogP contribution in [-0.2, 0) is 21.9 Å². The highest BCUT2D eigenvalue weighted by Gasteiger charge is 2.24. The third-order valence-corrected chi connectivity index (χ3v) is 4.70. The van der Waals surface area contributed by atoms with Crippen LogP contribution >= 0.6 is 0 Å². The van der Waals surface area contributed by atoms with Crippen LogP contribution in [0, 0.1) is 19.7 Å². The Morgan fingerprint density at radius 3 is 2.67 bits per heavy atom. The molecule has 1 aromatic heterocycles. The van der Waals surface area contributed by atoms with Gasteiger partial charge >= 0.3 is 0 Å². The number of rotatable bonds is 6. The summed E-state index contributed by atoms with van der Waals surface area (Å²) in [6.45, 7) is 2.68. The van der Waals surface area contributed by atoms with Gasteiger partial charge in [0.25, 0.3) is 15.9 Å². The molecule has 1 heterocycles. The van der Waals surface area contributed by atoms with Crippen molar-refractivity contribution in [3.05, 3.63) is 41.5 Å². The summed E-state index contributed by atoms with van der Waals surface area (Å²) in [7, 11) is -2.35. The number of aromatic nitrogens is 2. The molecule has 24 heavy (non-hydrogen) atoms. The standard InChI is InChI=1S/C14H17FN4O4S/c1-9-14(10(2)19(3)17-9)24(21,22)18-16-13(20)8-23-12-6-4-5-11(15)7-12/h4-7,18H,8H2,1-3H3,(H,16,20). The van der Waals surface area contributed by atoms with Gasteiger partial charge < -0.3 is 4.74 Å². The molecule has 0 aliphatic rings. The monoisotopic (exact) mass is 356 g/mol. The number of aryl methyl sites for hydroxylation is 2. The van der Waals surface area contributed by atoms with Crippen LogP contribution < -0.4 is 15.0 Å². The zero-order valence-corrected chi connectivity index (χ0v) is 14.1. The number of hydrogen-bond donors (Lipinski definition) is 2. The summed E-state index contributed by atoms with van der Waals surface area (Å²) in [5.74, 6) is -1.08. The van der Waals surface area contributed by atoms with Crippen LogP contribution in [0.5, 0.6) is 5.75 Å². The number of hydrazine groups is 1. The van der Waals surface area contributed by atoms with Crippen molar-refractivity contribution in [1.82, 2.24) is 20.0 Å². The molecule has 0 unspecified atom stereocenters. The van der Waals surface area contributed by atoms with Crippen LogP contribution in [0.1, 0.15) is 11.4 Å². The van der Waals surface area contributed by atoms with Crippen molar-refractivity contribution in [3.63, 3.8) is 0 Å². The number of nitrogens with one attached hydrogen (secondary N) is 2. The minimum atomic E-state index is -3.97. The lowest BCUT2D eigenvalue weighted by Gasteiger charge is -2.10. The lowest BCUT2D eigenvalue weighted by atomic mass is 10.3. The second kappa shape index (κ2) is 6.97. The summed E-state index contributed by atoms with van der Waals surface area (Å²) in [5.41, 5.74) is 2.79. The van der Waals surface area contributed by atoms with E-state index in [9.17, 15) is 17.6 Å². The number of halogens is 1. The first-order valence-corrected chi connectivity index (χ1v) is 8.38. The molecule has 0 atom stereocenters. The fourth-order valence-electron chi connectivity index (χ4n) is 2.06. The molecule has 130 valence electrons. The Morgan fingerprint density at radius 2 is 2.08 bits per heavy atom.